The standard InChI is InChI=1S/C22H21F3N6O2/c23-14-10-16(25)15(24)8-12(14)7-13(26)9-21(32)31-19(5-6-28-31)22(33)27-11-20-29-17-3-1-2-4-18(17)30-20/h1-4,6,8,10,13,19H,5,7,9,11,26H2,(H,27,33)(H,29,30)/t13-,19?/m1/s1. The number of carbonyl (C=O) groups is 2. The van der Waals surface area contributed by atoms with Crippen LogP contribution in [-0.4, -0.2) is 45.1 Å². The molecule has 1 aliphatic heterocycles. The highest BCUT2D eigenvalue weighted by atomic mass is 19.2. The zero-order chi connectivity index (χ0) is 23.5. The van der Waals surface area contributed by atoms with Gasteiger partial charge in [-0.05, 0) is 30.2 Å². The zero-order valence-corrected chi connectivity index (χ0v) is 17.4. The quantitative estimate of drug-likeness (QED) is 0.471. The van der Waals surface area contributed by atoms with Crippen molar-refractivity contribution in [1.82, 2.24) is 20.3 Å². The molecule has 3 aromatic rings. The fraction of sp³-hybridized carbons (Fsp3) is 0.273. The van der Waals surface area contributed by atoms with Gasteiger partial charge >= 0.3 is 0 Å². The maximum Gasteiger partial charge on any atom is 0.245 e. The molecule has 0 saturated carbocycles. The predicted molar refractivity (Wildman–Crippen MR) is 114 cm³/mol. The SMILES string of the molecule is N[C@@H](CC(=O)N1N=CCC1C(=O)NCc1nc2ccccc2[nH]1)Cc1cc(F)c(F)cc1F. The first-order valence-corrected chi connectivity index (χ1v) is 10.3. The Morgan fingerprint density at radius 3 is 2.73 bits per heavy atom. The largest absolute Gasteiger partial charge is 0.347 e. The molecule has 0 spiro atoms. The number of fused-ring (bicyclic) bond motifs is 1. The molecule has 11 heteroatoms. The molecule has 0 bridgehead atoms. The number of imidazole rings is 1. The third kappa shape index (κ3) is 5.03. The van der Waals surface area contributed by atoms with Crippen LogP contribution in [0.1, 0.15) is 24.2 Å². The lowest BCUT2D eigenvalue weighted by atomic mass is 10.0. The molecule has 0 aliphatic carbocycles. The van der Waals surface area contributed by atoms with Crippen LogP contribution in [0.3, 0.4) is 0 Å². The molecule has 2 amide bonds. The number of carbonyl (C=O) groups excluding carboxylic acids is 2. The Kier molecular flexibility index (Phi) is 6.40. The minimum Gasteiger partial charge on any atom is -0.347 e. The van der Waals surface area contributed by atoms with Gasteiger partial charge in [-0.25, -0.2) is 23.2 Å². The van der Waals surface area contributed by atoms with Gasteiger partial charge in [0.2, 0.25) is 11.8 Å². The van der Waals surface area contributed by atoms with Crippen LogP contribution in [0.5, 0.6) is 0 Å². The molecule has 2 aromatic carbocycles. The molecule has 0 radical (unpaired) electrons. The molecular formula is C22H21F3N6O2. The Morgan fingerprint density at radius 2 is 1.94 bits per heavy atom. The molecule has 4 N–H and O–H groups in total. The Balaban J connectivity index is 1.33. The van der Waals surface area contributed by atoms with Gasteiger partial charge in [0.15, 0.2) is 11.6 Å². The Morgan fingerprint density at radius 1 is 1.18 bits per heavy atom. The van der Waals surface area contributed by atoms with Crippen LogP contribution in [-0.2, 0) is 22.6 Å². The number of hydrazone groups is 1. The first kappa shape index (κ1) is 22.5. The molecule has 1 aliphatic rings. The van der Waals surface area contributed by atoms with E-state index in [2.05, 4.69) is 20.4 Å². The molecular weight excluding hydrogens is 437 g/mol. The molecule has 1 unspecified atom stereocenters. The number of hydrogen-bond donors (Lipinski definition) is 3. The lowest BCUT2D eigenvalue weighted by Crippen LogP contribution is -2.46. The summed E-state index contributed by atoms with van der Waals surface area (Å²) in [5, 5.41) is 7.74. The van der Waals surface area contributed by atoms with E-state index < -0.39 is 41.3 Å². The fourth-order valence-corrected chi connectivity index (χ4v) is 3.64. The summed E-state index contributed by atoms with van der Waals surface area (Å²) < 4.78 is 40.3. The lowest BCUT2D eigenvalue weighted by molar-refractivity contribution is -0.139. The maximum atomic E-state index is 13.8. The van der Waals surface area contributed by atoms with E-state index in [1.807, 2.05) is 24.3 Å². The first-order valence-electron chi connectivity index (χ1n) is 10.3. The van der Waals surface area contributed by atoms with Gasteiger partial charge in [0.1, 0.15) is 17.7 Å². The van der Waals surface area contributed by atoms with E-state index in [1.165, 1.54) is 6.21 Å². The highest BCUT2D eigenvalue weighted by molar-refractivity contribution is 5.92. The monoisotopic (exact) mass is 458 g/mol. The maximum absolute atomic E-state index is 13.8. The number of nitrogens with one attached hydrogen (secondary N) is 2. The van der Waals surface area contributed by atoms with E-state index in [1.54, 1.807) is 0 Å². The van der Waals surface area contributed by atoms with E-state index >= 15 is 0 Å². The minimum atomic E-state index is -1.30. The van der Waals surface area contributed by atoms with Crippen molar-refractivity contribution in [2.24, 2.45) is 10.8 Å². The Hall–Kier alpha value is -3.73. The Labute approximate surface area is 186 Å². The molecule has 33 heavy (non-hydrogen) atoms. The van der Waals surface area contributed by atoms with E-state index in [9.17, 15) is 22.8 Å². The molecule has 0 saturated heterocycles. The van der Waals surface area contributed by atoms with Gasteiger partial charge in [0.25, 0.3) is 0 Å². The Bertz CT molecular complexity index is 1200. The first-order chi connectivity index (χ1) is 15.8. The normalized spacial score (nSPS) is 16.4. The van der Waals surface area contributed by atoms with Crippen LogP contribution >= 0.6 is 0 Å². The predicted octanol–water partition coefficient (Wildman–Crippen LogP) is 2.14. The number of H-pyrrole nitrogens is 1. The molecule has 2 atom stereocenters. The average Bonchev–Trinajstić information content (AvgIpc) is 3.42. The summed E-state index contributed by atoms with van der Waals surface area (Å²) in [4.78, 5) is 32.8. The van der Waals surface area contributed by atoms with Gasteiger partial charge in [-0.1, -0.05) is 12.1 Å². The van der Waals surface area contributed by atoms with E-state index in [-0.39, 0.29) is 31.4 Å². The topological polar surface area (TPSA) is 116 Å². The van der Waals surface area contributed by atoms with Crippen molar-refractivity contribution in [3.8, 4) is 0 Å². The van der Waals surface area contributed by atoms with Gasteiger partial charge in [-0.2, -0.15) is 5.10 Å². The number of rotatable bonds is 7. The van der Waals surface area contributed by atoms with Crippen molar-refractivity contribution < 1.29 is 22.8 Å². The second kappa shape index (κ2) is 9.41. The smallest absolute Gasteiger partial charge is 0.245 e. The number of nitrogens with two attached hydrogens (primary N) is 1. The van der Waals surface area contributed by atoms with Gasteiger partial charge < -0.3 is 16.0 Å². The van der Waals surface area contributed by atoms with E-state index in [0.29, 0.717) is 11.9 Å². The molecule has 8 nitrogen and oxygen atoms in total. The molecule has 172 valence electrons. The van der Waals surface area contributed by atoms with Crippen molar-refractivity contribution in [3.63, 3.8) is 0 Å². The van der Waals surface area contributed by atoms with Crippen LogP contribution in [0.4, 0.5) is 13.2 Å². The average molecular weight is 458 g/mol. The second-order valence-corrected chi connectivity index (χ2v) is 7.73. The van der Waals surface area contributed by atoms with Crippen molar-refractivity contribution in [2.45, 2.75) is 37.9 Å². The number of aromatic nitrogens is 2. The number of nitrogens with zero attached hydrogens (tertiary/aromatic N) is 3. The number of para-hydroxylation sites is 2. The van der Waals surface area contributed by atoms with Crippen molar-refractivity contribution >= 4 is 29.1 Å². The van der Waals surface area contributed by atoms with Crippen molar-refractivity contribution in [2.75, 3.05) is 0 Å². The van der Waals surface area contributed by atoms with Crippen molar-refractivity contribution in [1.29, 1.82) is 0 Å². The highest BCUT2D eigenvalue weighted by Gasteiger charge is 2.33. The van der Waals surface area contributed by atoms with Crippen LogP contribution < -0.4 is 11.1 Å². The third-order valence-electron chi connectivity index (χ3n) is 5.26. The van der Waals surface area contributed by atoms with Crippen LogP contribution in [0, 0.1) is 17.5 Å². The summed E-state index contributed by atoms with van der Waals surface area (Å²) in [7, 11) is 0. The number of hydrogen-bond acceptors (Lipinski definition) is 5. The molecule has 1 aromatic heterocycles. The summed E-state index contributed by atoms with van der Waals surface area (Å²) in [5.41, 5.74) is 7.40. The van der Waals surface area contributed by atoms with Gasteiger partial charge in [-0.15, -0.1) is 0 Å². The lowest BCUT2D eigenvalue weighted by Gasteiger charge is -2.22. The fourth-order valence-electron chi connectivity index (χ4n) is 3.64. The summed E-state index contributed by atoms with van der Waals surface area (Å²) in [5.74, 6) is -3.83. The summed E-state index contributed by atoms with van der Waals surface area (Å²) in [6.45, 7) is 0.140. The van der Waals surface area contributed by atoms with Gasteiger partial charge in [-0.3, -0.25) is 9.59 Å². The number of aromatic amines is 1. The summed E-state index contributed by atoms with van der Waals surface area (Å²) >= 11 is 0. The second-order valence-electron chi connectivity index (χ2n) is 7.73. The van der Waals surface area contributed by atoms with E-state index in [4.69, 9.17) is 5.73 Å². The molecule has 2 heterocycles. The number of amides is 2. The molecule has 4 rings (SSSR count). The van der Waals surface area contributed by atoms with Crippen molar-refractivity contribution in [3.05, 3.63) is 65.2 Å². The van der Waals surface area contributed by atoms with Crippen LogP contribution in [0.15, 0.2) is 41.5 Å². The van der Waals surface area contributed by atoms with Crippen LogP contribution in [0.2, 0.25) is 0 Å². The summed E-state index contributed by atoms with van der Waals surface area (Å²) in [6, 6.07) is 6.86. The van der Waals surface area contributed by atoms with E-state index in [0.717, 1.165) is 22.1 Å². The number of benzene rings is 2. The minimum absolute atomic E-state index is 0.140. The highest BCUT2D eigenvalue weighted by Crippen LogP contribution is 2.18. The van der Waals surface area contributed by atoms with Gasteiger partial charge in [0, 0.05) is 31.2 Å². The third-order valence-corrected chi connectivity index (χ3v) is 5.26. The summed E-state index contributed by atoms with van der Waals surface area (Å²) in [6.07, 6.45) is 1.23. The number of halogens is 3. The van der Waals surface area contributed by atoms with Crippen LogP contribution in [0.25, 0.3) is 11.0 Å². The molecule has 0 fully saturated rings. The van der Waals surface area contributed by atoms with Gasteiger partial charge in [0.05, 0.1) is 17.6 Å². The zero-order valence-electron chi connectivity index (χ0n) is 17.4.